The van der Waals surface area contributed by atoms with Crippen LogP contribution in [0.4, 0.5) is 0 Å². The number of fused-ring (bicyclic) bond motifs is 1. The zero-order valence-electron chi connectivity index (χ0n) is 13.0. The Balaban J connectivity index is 2.73. The molecule has 0 radical (unpaired) electrons. The lowest BCUT2D eigenvalue weighted by molar-refractivity contribution is 0.508. The van der Waals surface area contributed by atoms with Gasteiger partial charge in [-0.1, -0.05) is 26.8 Å². The molecule has 0 spiro atoms. The van der Waals surface area contributed by atoms with E-state index >= 15 is 0 Å². The number of aryl methyl sites for hydroxylation is 3. The van der Waals surface area contributed by atoms with Gasteiger partial charge in [0.1, 0.15) is 11.3 Å². The quantitative estimate of drug-likeness (QED) is 0.868. The molecule has 0 amide bonds. The molecule has 0 bridgehead atoms. The fourth-order valence-corrected chi connectivity index (χ4v) is 2.81. The summed E-state index contributed by atoms with van der Waals surface area (Å²) in [5, 5.41) is 4.71. The third-order valence-electron chi connectivity index (χ3n) is 3.89. The first-order valence-electron chi connectivity index (χ1n) is 7.20. The first-order valence-corrected chi connectivity index (χ1v) is 7.20. The molecule has 0 saturated carbocycles. The maximum Gasteiger partial charge on any atom is 0.138 e. The Labute approximate surface area is 116 Å². The van der Waals surface area contributed by atoms with Crippen LogP contribution in [-0.2, 0) is 6.54 Å². The topological polar surface area (TPSA) is 25.2 Å². The van der Waals surface area contributed by atoms with Gasteiger partial charge in [-0.2, -0.15) is 0 Å². The van der Waals surface area contributed by atoms with E-state index in [1.54, 1.807) is 0 Å². The van der Waals surface area contributed by atoms with Crippen molar-refractivity contribution >= 4 is 11.0 Å². The zero-order chi connectivity index (χ0) is 14.2. The van der Waals surface area contributed by atoms with Crippen molar-refractivity contribution in [2.24, 2.45) is 0 Å². The molecule has 0 aliphatic carbocycles. The van der Waals surface area contributed by atoms with Crippen LogP contribution in [0.25, 0.3) is 11.0 Å². The van der Waals surface area contributed by atoms with Crippen molar-refractivity contribution in [3.05, 3.63) is 34.1 Å². The average molecular weight is 259 g/mol. The maximum absolute atomic E-state index is 6.19. The summed E-state index contributed by atoms with van der Waals surface area (Å²) in [5.74, 6) is 1.58. The predicted molar refractivity (Wildman–Crippen MR) is 81.9 cm³/mol. The fourth-order valence-electron chi connectivity index (χ4n) is 2.81. The van der Waals surface area contributed by atoms with Crippen LogP contribution < -0.4 is 5.32 Å². The number of nitrogens with one attached hydrogen (secondary N) is 1. The summed E-state index contributed by atoms with van der Waals surface area (Å²) in [6, 6.07) is 2.27. The van der Waals surface area contributed by atoms with Gasteiger partial charge in [-0.15, -0.1) is 0 Å². The minimum Gasteiger partial charge on any atom is -0.459 e. The highest BCUT2D eigenvalue weighted by atomic mass is 16.3. The minimum atomic E-state index is 0.482. The Kier molecular flexibility index (Phi) is 4.00. The summed E-state index contributed by atoms with van der Waals surface area (Å²) in [5.41, 5.74) is 6.35. The van der Waals surface area contributed by atoms with Gasteiger partial charge in [-0.25, -0.2) is 0 Å². The second-order valence-corrected chi connectivity index (χ2v) is 5.71. The summed E-state index contributed by atoms with van der Waals surface area (Å²) < 4.78 is 6.19. The normalized spacial score (nSPS) is 11.7. The number of hydrogen-bond acceptors (Lipinski definition) is 2. The van der Waals surface area contributed by atoms with Crippen molar-refractivity contribution in [1.82, 2.24) is 5.32 Å². The average Bonchev–Trinajstić information content (AvgIpc) is 2.73. The third-order valence-corrected chi connectivity index (χ3v) is 3.89. The van der Waals surface area contributed by atoms with E-state index in [-0.39, 0.29) is 0 Å². The number of hydrogen-bond donors (Lipinski definition) is 1. The first-order chi connectivity index (χ1) is 8.97. The van der Waals surface area contributed by atoms with E-state index < -0.39 is 0 Å². The molecule has 2 heteroatoms. The van der Waals surface area contributed by atoms with Crippen molar-refractivity contribution in [2.75, 3.05) is 6.54 Å². The van der Waals surface area contributed by atoms with Gasteiger partial charge in [-0.3, -0.25) is 0 Å². The largest absolute Gasteiger partial charge is 0.459 e. The van der Waals surface area contributed by atoms with Crippen molar-refractivity contribution in [2.45, 2.75) is 54.0 Å². The van der Waals surface area contributed by atoms with E-state index in [0.717, 1.165) is 24.4 Å². The van der Waals surface area contributed by atoms with Gasteiger partial charge in [0, 0.05) is 10.9 Å². The van der Waals surface area contributed by atoms with Crippen LogP contribution in [0.2, 0.25) is 0 Å². The molecule has 1 heterocycles. The molecule has 0 aliphatic rings. The van der Waals surface area contributed by atoms with Crippen LogP contribution in [0.1, 0.15) is 54.7 Å². The lowest BCUT2D eigenvalue weighted by atomic mass is 9.94. The van der Waals surface area contributed by atoms with Gasteiger partial charge in [0.15, 0.2) is 0 Å². The van der Waals surface area contributed by atoms with Crippen molar-refractivity contribution in [3.63, 3.8) is 0 Å². The van der Waals surface area contributed by atoms with Gasteiger partial charge >= 0.3 is 0 Å². The Morgan fingerprint density at radius 1 is 1.16 bits per heavy atom. The van der Waals surface area contributed by atoms with Crippen molar-refractivity contribution in [1.29, 1.82) is 0 Å². The Bertz CT molecular complexity index is 593. The number of furan rings is 1. The molecule has 1 N–H and O–H groups in total. The van der Waals surface area contributed by atoms with E-state index in [0.29, 0.717) is 5.92 Å². The third kappa shape index (κ3) is 2.42. The van der Waals surface area contributed by atoms with Crippen molar-refractivity contribution < 1.29 is 4.42 Å². The Morgan fingerprint density at radius 3 is 2.42 bits per heavy atom. The van der Waals surface area contributed by atoms with E-state index in [9.17, 15) is 0 Å². The molecule has 1 aromatic heterocycles. The van der Waals surface area contributed by atoms with Crippen molar-refractivity contribution in [3.8, 4) is 0 Å². The molecule has 0 saturated heterocycles. The molecule has 0 fully saturated rings. The lowest BCUT2D eigenvalue weighted by Crippen LogP contribution is -2.12. The monoisotopic (exact) mass is 259 g/mol. The summed E-state index contributed by atoms with van der Waals surface area (Å²) >= 11 is 0. The maximum atomic E-state index is 6.19. The number of benzene rings is 1. The van der Waals surface area contributed by atoms with Crippen LogP contribution in [0.15, 0.2) is 10.5 Å². The fraction of sp³-hybridized carbons (Fsp3) is 0.529. The highest BCUT2D eigenvalue weighted by molar-refractivity contribution is 5.89. The Hall–Kier alpha value is -1.28. The van der Waals surface area contributed by atoms with Gasteiger partial charge in [0.2, 0.25) is 0 Å². The molecule has 0 unspecified atom stereocenters. The minimum absolute atomic E-state index is 0.482. The molecule has 2 nitrogen and oxygen atoms in total. The van der Waals surface area contributed by atoms with E-state index in [1.807, 2.05) is 0 Å². The summed E-state index contributed by atoms with van der Waals surface area (Å²) in [7, 11) is 0. The summed E-state index contributed by atoms with van der Waals surface area (Å²) in [6.45, 7) is 14.9. The van der Waals surface area contributed by atoms with Gasteiger partial charge in [-0.05, 0) is 49.9 Å². The predicted octanol–water partition coefficient (Wildman–Crippen LogP) is 4.59. The van der Waals surface area contributed by atoms with E-state index in [1.165, 1.54) is 27.6 Å². The zero-order valence-corrected chi connectivity index (χ0v) is 13.0. The van der Waals surface area contributed by atoms with Crippen LogP contribution in [0.3, 0.4) is 0 Å². The molecular formula is C17H25NO. The molecule has 2 aromatic rings. The molecule has 2 rings (SSSR count). The van der Waals surface area contributed by atoms with Crippen LogP contribution in [0, 0.1) is 20.8 Å². The molecular weight excluding hydrogens is 234 g/mol. The van der Waals surface area contributed by atoms with Crippen LogP contribution >= 0.6 is 0 Å². The first kappa shape index (κ1) is 14.1. The smallest absolute Gasteiger partial charge is 0.138 e. The van der Waals surface area contributed by atoms with Gasteiger partial charge in [0.05, 0.1) is 6.54 Å². The summed E-state index contributed by atoms with van der Waals surface area (Å²) in [6.07, 6.45) is 0. The molecule has 104 valence electrons. The number of rotatable bonds is 4. The Morgan fingerprint density at radius 2 is 1.84 bits per heavy atom. The standard InChI is InChI=1S/C17H25NO/c1-7-18-9-14-15(10(2)3)16-12(5)8-11(4)13(6)17(16)19-14/h8,10,18H,7,9H2,1-6H3. The molecule has 1 aromatic carbocycles. The SMILES string of the molecule is CCNCc1oc2c(C)c(C)cc(C)c2c1C(C)C. The van der Waals surface area contributed by atoms with Crippen LogP contribution in [0.5, 0.6) is 0 Å². The highest BCUT2D eigenvalue weighted by Gasteiger charge is 2.20. The van der Waals surface area contributed by atoms with E-state index in [2.05, 4.69) is 52.9 Å². The van der Waals surface area contributed by atoms with Gasteiger partial charge < -0.3 is 9.73 Å². The second kappa shape index (κ2) is 5.38. The molecule has 0 atom stereocenters. The lowest BCUT2D eigenvalue weighted by Gasteiger charge is -2.09. The summed E-state index contributed by atoms with van der Waals surface area (Å²) in [4.78, 5) is 0. The van der Waals surface area contributed by atoms with E-state index in [4.69, 9.17) is 4.42 Å². The highest BCUT2D eigenvalue weighted by Crippen LogP contribution is 2.36. The molecule has 0 aliphatic heterocycles. The van der Waals surface area contributed by atoms with Gasteiger partial charge in [0.25, 0.3) is 0 Å². The van der Waals surface area contributed by atoms with Crippen LogP contribution in [-0.4, -0.2) is 6.54 Å². The molecule has 19 heavy (non-hydrogen) atoms. The second-order valence-electron chi connectivity index (χ2n) is 5.71.